The third kappa shape index (κ3) is 4.19. The van der Waals surface area contributed by atoms with Crippen LogP contribution in [-0.4, -0.2) is 57.5 Å². The van der Waals surface area contributed by atoms with Gasteiger partial charge >= 0.3 is 0 Å². The molecule has 1 aliphatic heterocycles. The molecule has 1 aromatic carbocycles. The number of hydrogen-bond donors (Lipinski definition) is 1. The van der Waals surface area contributed by atoms with Crippen LogP contribution in [0.5, 0.6) is 0 Å². The van der Waals surface area contributed by atoms with Gasteiger partial charge in [0.1, 0.15) is 11.9 Å². The van der Waals surface area contributed by atoms with Crippen LogP contribution in [0.25, 0.3) is 0 Å². The van der Waals surface area contributed by atoms with E-state index >= 15 is 0 Å². The van der Waals surface area contributed by atoms with E-state index in [-0.39, 0.29) is 5.91 Å². The van der Waals surface area contributed by atoms with Gasteiger partial charge < -0.3 is 14.4 Å². The highest BCUT2D eigenvalue weighted by Gasteiger charge is 2.30. The normalized spacial score (nSPS) is 19.3. The number of carbonyl (C=O) groups excluding carboxylic acids is 1. The Labute approximate surface area is 164 Å². The minimum atomic E-state index is 0.217. The fourth-order valence-electron chi connectivity index (χ4n) is 3.87. The summed E-state index contributed by atoms with van der Waals surface area (Å²) in [6.07, 6.45) is 2.40. The molecule has 0 bridgehead atoms. The van der Waals surface area contributed by atoms with Crippen molar-refractivity contribution in [1.82, 2.24) is 19.7 Å². The second-order valence-corrected chi connectivity index (χ2v) is 8.53. The Morgan fingerprint density at radius 3 is 2.59 bits per heavy atom. The molecule has 2 fully saturated rings. The highest BCUT2D eigenvalue weighted by molar-refractivity contribution is 7.99. The number of aromatic nitrogens is 3. The Morgan fingerprint density at radius 1 is 1.22 bits per heavy atom. The number of hydrogen-bond acceptors (Lipinski definition) is 4. The number of carbonyl (C=O) groups is 1. The van der Waals surface area contributed by atoms with E-state index in [1.165, 1.54) is 30.2 Å². The molecule has 0 radical (unpaired) electrons. The predicted octanol–water partition coefficient (Wildman–Crippen LogP) is 1.50. The topological polar surface area (TPSA) is 55.5 Å². The van der Waals surface area contributed by atoms with Crippen LogP contribution in [0.15, 0.2) is 35.5 Å². The lowest BCUT2D eigenvalue weighted by Crippen LogP contribution is -3.14. The summed E-state index contributed by atoms with van der Waals surface area (Å²) in [5.41, 5.74) is 1.37. The van der Waals surface area contributed by atoms with Crippen molar-refractivity contribution in [3.8, 4) is 0 Å². The third-order valence-electron chi connectivity index (χ3n) is 5.74. The van der Waals surface area contributed by atoms with E-state index < -0.39 is 0 Å². The number of rotatable bonds is 6. The summed E-state index contributed by atoms with van der Waals surface area (Å²) < 4.78 is 2.20. The standard InChI is InChI=1S/C20H27N5OS/c1-15(17-6-4-3-5-7-17)23-10-12-24(13-11-23)19(26)14-27-20-22-21-16(2)25(20)18-8-9-18/h3-7,15,18H,8-14H2,1-2H3/p+1/t15-/m0/s1. The lowest BCUT2D eigenvalue weighted by atomic mass is 10.1. The van der Waals surface area contributed by atoms with Crippen LogP contribution in [-0.2, 0) is 4.79 Å². The minimum absolute atomic E-state index is 0.217. The molecule has 1 aromatic heterocycles. The summed E-state index contributed by atoms with van der Waals surface area (Å²) in [6, 6.07) is 11.7. The smallest absolute Gasteiger partial charge is 0.233 e. The first-order valence-corrected chi connectivity index (χ1v) is 10.8. The van der Waals surface area contributed by atoms with E-state index in [9.17, 15) is 4.79 Å². The first kappa shape index (κ1) is 18.5. The fraction of sp³-hybridized carbons (Fsp3) is 0.550. The number of aryl methyl sites for hydroxylation is 1. The predicted molar refractivity (Wildman–Crippen MR) is 106 cm³/mol. The quantitative estimate of drug-likeness (QED) is 0.765. The molecule has 1 amide bonds. The van der Waals surface area contributed by atoms with Gasteiger partial charge in [0.2, 0.25) is 5.91 Å². The van der Waals surface area contributed by atoms with E-state index in [0.717, 1.165) is 37.2 Å². The summed E-state index contributed by atoms with van der Waals surface area (Å²) in [6.45, 7) is 7.95. The SMILES string of the molecule is Cc1nnc(SCC(=O)N2CC[NH+]([C@@H](C)c3ccccc3)CC2)n1C1CC1. The maximum atomic E-state index is 12.7. The number of benzene rings is 1. The third-order valence-corrected chi connectivity index (χ3v) is 6.67. The average molecular weight is 387 g/mol. The maximum Gasteiger partial charge on any atom is 0.233 e. The molecule has 2 aromatic rings. The molecule has 0 spiro atoms. The van der Waals surface area contributed by atoms with Crippen LogP contribution < -0.4 is 4.90 Å². The van der Waals surface area contributed by atoms with Gasteiger partial charge in [-0.1, -0.05) is 42.1 Å². The second kappa shape index (κ2) is 8.02. The Bertz CT molecular complexity index is 781. The first-order chi connectivity index (χ1) is 13.1. The Morgan fingerprint density at radius 2 is 1.93 bits per heavy atom. The molecule has 144 valence electrons. The van der Waals surface area contributed by atoms with Crippen molar-refractivity contribution >= 4 is 17.7 Å². The number of piperazine rings is 1. The molecule has 6 nitrogen and oxygen atoms in total. The number of amides is 1. The molecular formula is C20H28N5OS+. The Hall–Kier alpha value is -1.86. The summed E-state index contributed by atoms with van der Waals surface area (Å²) >= 11 is 1.53. The summed E-state index contributed by atoms with van der Waals surface area (Å²) in [5, 5.41) is 9.35. The number of quaternary nitrogens is 1. The van der Waals surface area contributed by atoms with Crippen molar-refractivity contribution in [2.75, 3.05) is 31.9 Å². The van der Waals surface area contributed by atoms with Crippen molar-refractivity contribution in [3.05, 3.63) is 41.7 Å². The van der Waals surface area contributed by atoms with Gasteiger partial charge in [-0.15, -0.1) is 10.2 Å². The number of nitrogens with zero attached hydrogens (tertiary/aromatic N) is 4. The van der Waals surface area contributed by atoms with Crippen molar-refractivity contribution in [1.29, 1.82) is 0 Å². The van der Waals surface area contributed by atoms with Crippen LogP contribution in [0.1, 0.15) is 43.2 Å². The average Bonchev–Trinajstić information content (AvgIpc) is 3.48. The molecule has 1 atom stereocenters. The van der Waals surface area contributed by atoms with Gasteiger partial charge in [0, 0.05) is 11.6 Å². The zero-order valence-corrected chi connectivity index (χ0v) is 16.9. The zero-order valence-electron chi connectivity index (χ0n) is 16.1. The van der Waals surface area contributed by atoms with E-state index in [1.54, 1.807) is 4.90 Å². The van der Waals surface area contributed by atoms with Gasteiger partial charge in [0.15, 0.2) is 5.16 Å². The van der Waals surface area contributed by atoms with Gasteiger partial charge in [0.05, 0.1) is 31.9 Å². The van der Waals surface area contributed by atoms with E-state index in [2.05, 4.69) is 52.0 Å². The highest BCUT2D eigenvalue weighted by Crippen LogP contribution is 2.38. The molecule has 27 heavy (non-hydrogen) atoms. The molecule has 4 rings (SSSR count). The van der Waals surface area contributed by atoms with E-state index in [4.69, 9.17) is 0 Å². The monoisotopic (exact) mass is 386 g/mol. The van der Waals surface area contributed by atoms with Crippen LogP contribution >= 0.6 is 11.8 Å². The fourth-order valence-corrected chi connectivity index (χ4v) is 4.83. The molecule has 1 N–H and O–H groups in total. The van der Waals surface area contributed by atoms with E-state index in [0.29, 0.717) is 17.8 Å². The highest BCUT2D eigenvalue weighted by atomic mass is 32.2. The van der Waals surface area contributed by atoms with Crippen LogP contribution in [0.3, 0.4) is 0 Å². The van der Waals surface area contributed by atoms with Crippen molar-refractivity contribution in [2.45, 2.75) is 43.9 Å². The van der Waals surface area contributed by atoms with Gasteiger partial charge in [0.25, 0.3) is 0 Å². The molecule has 0 unspecified atom stereocenters. The summed E-state index contributed by atoms with van der Waals surface area (Å²) in [7, 11) is 0. The lowest BCUT2D eigenvalue weighted by Gasteiger charge is -2.35. The van der Waals surface area contributed by atoms with Gasteiger partial charge in [-0.05, 0) is 26.7 Å². The molecular weight excluding hydrogens is 358 g/mol. The molecule has 1 aliphatic carbocycles. The van der Waals surface area contributed by atoms with Crippen molar-refractivity contribution in [3.63, 3.8) is 0 Å². The Kier molecular flexibility index (Phi) is 5.50. The second-order valence-electron chi connectivity index (χ2n) is 7.59. The van der Waals surface area contributed by atoms with Crippen LogP contribution in [0, 0.1) is 6.92 Å². The van der Waals surface area contributed by atoms with Crippen molar-refractivity contribution in [2.24, 2.45) is 0 Å². The van der Waals surface area contributed by atoms with Crippen LogP contribution in [0.2, 0.25) is 0 Å². The summed E-state index contributed by atoms with van der Waals surface area (Å²) in [4.78, 5) is 16.2. The molecule has 2 aliphatic rings. The maximum absolute atomic E-state index is 12.7. The van der Waals surface area contributed by atoms with E-state index in [1.807, 2.05) is 11.8 Å². The number of thioether (sulfide) groups is 1. The molecule has 1 saturated carbocycles. The largest absolute Gasteiger partial charge is 0.331 e. The van der Waals surface area contributed by atoms with Gasteiger partial charge in [-0.3, -0.25) is 4.79 Å². The zero-order chi connectivity index (χ0) is 18.8. The first-order valence-electron chi connectivity index (χ1n) is 9.85. The number of nitrogens with one attached hydrogen (secondary N) is 1. The minimum Gasteiger partial charge on any atom is -0.331 e. The molecule has 7 heteroatoms. The Balaban J connectivity index is 1.28. The molecule has 2 heterocycles. The van der Waals surface area contributed by atoms with Gasteiger partial charge in [-0.2, -0.15) is 0 Å². The van der Waals surface area contributed by atoms with Crippen LogP contribution in [0.4, 0.5) is 0 Å². The summed E-state index contributed by atoms with van der Waals surface area (Å²) in [5.74, 6) is 1.63. The van der Waals surface area contributed by atoms with Gasteiger partial charge in [-0.25, -0.2) is 0 Å². The van der Waals surface area contributed by atoms with Crippen molar-refractivity contribution < 1.29 is 9.69 Å². The lowest BCUT2D eigenvalue weighted by molar-refractivity contribution is -0.933. The molecule has 1 saturated heterocycles.